The van der Waals surface area contributed by atoms with Crippen LogP contribution in [-0.2, 0) is 0 Å². The zero-order chi connectivity index (χ0) is 11.5. The lowest BCUT2D eigenvalue weighted by molar-refractivity contribution is 0.513. The highest BCUT2D eigenvalue weighted by atomic mass is 79.9. The molecule has 2 nitrogen and oxygen atoms in total. The van der Waals surface area contributed by atoms with E-state index in [2.05, 4.69) is 62.6 Å². The van der Waals surface area contributed by atoms with Gasteiger partial charge in [-0.3, -0.25) is 0 Å². The minimum Gasteiger partial charge on any atom is -0.368 e. The smallest absolute Gasteiger partial charge is 0.140 e. The monoisotopic (exact) mass is 332 g/mol. The fourth-order valence-corrected chi connectivity index (χ4v) is 2.06. The largest absolute Gasteiger partial charge is 0.368 e. The molecule has 0 spiro atoms. The summed E-state index contributed by atoms with van der Waals surface area (Å²) in [6.07, 6.45) is 3.71. The van der Waals surface area contributed by atoms with Crippen LogP contribution in [0, 0.1) is 5.41 Å². The first-order valence-electron chi connectivity index (χ1n) is 4.63. The molecule has 82 valence electrons. The van der Waals surface area contributed by atoms with Crippen molar-refractivity contribution < 1.29 is 0 Å². The van der Waals surface area contributed by atoms with Gasteiger partial charge in [0.25, 0.3) is 0 Å². The first-order chi connectivity index (χ1) is 6.94. The molecule has 0 aromatic carbocycles. The van der Waals surface area contributed by atoms with Crippen molar-refractivity contribution >= 4 is 37.7 Å². The Morgan fingerprint density at radius 3 is 2.73 bits per heavy atom. The first-order valence-corrected chi connectivity index (χ1v) is 6.22. The minimum absolute atomic E-state index is 0.0637. The van der Waals surface area contributed by atoms with Crippen molar-refractivity contribution in [2.75, 3.05) is 11.9 Å². The molecule has 1 aromatic rings. The lowest BCUT2D eigenvalue weighted by Gasteiger charge is -2.20. The van der Waals surface area contributed by atoms with E-state index in [1.165, 1.54) is 0 Å². The second-order valence-corrected chi connectivity index (χ2v) is 5.80. The Kier molecular flexibility index (Phi) is 4.34. The van der Waals surface area contributed by atoms with E-state index < -0.39 is 0 Å². The standard InChI is InChI=1S/C11H14Br2N2/c1-4-11(2,3)7-15-10-9(13)5-8(12)6-14-10/h4-6H,1,7H2,2-3H3,(H,14,15). The molecule has 0 fully saturated rings. The van der Waals surface area contributed by atoms with E-state index in [1.807, 2.05) is 12.1 Å². The maximum absolute atomic E-state index is 4.28. The van der Waals surface area contributed by atoms with Crippen LogP contribution in [0.2, 0.25) is 0 Å². The summed E-state index contributed by atoms with van der Waals surface area (Å²) in [6.45, 7) is 8.86. The molecule has 0 radical (unpaired) electrons. The molecule has 0 aliphatic carbocycles. The van der Waals surface area contributed by atoms with Crippen molar-refractivity contribution in [1.82, 2.24) is 4.98 Å². The van der Waals surface area contributed by atoms with Crippen LogP contribution >= 0.6 is 31.9 Å². The number of halogens is 2. The number of pyridine rings is 1. The highest BCUT2D eigenvalue weighted by Gasteiger charge is 2.13. The van der Waals surface area contributed by atoms with Crippen molar-refractivity contribution in [2.45, 2.75) is 13.8 Å². The molecule has 1 heterocycles. The summed E-state index contributed by atoms with van der Waals surface area (Å²) in [6, 6.07) is 1.97. The van der Waals surface area contributed by atoms with Crippen molar-refractivity contribution in [2.24, 2.45) is 5.41 Å². The van der Waals surface area contributed by atoms with Gasteiger partial charge in [0.05, 0.1) is 4.47 Å². The summed E-state index contributed by atoms with van der Waals surface area (Å²) in [5.74, 6) is 0.855. The summed E-state index contributed by atoms with van der Waals surface area (Å²) >= 11 is 6.82. The van der Waals surface area contributed by atoms with E-state index in [4.69, 9.17) is 0 Å². The fraction of sp³-hybridized carbons (Fsp3) is 0.364. The Morgan fingerprint density at radius 2 is 2.20 bits per heavy atom. The predicted octanol–water partition coefficient (Wildman–Crippen LogP) is 4.23. The zero-order valence-corrected chi connectivity index (χ0v) is 12.0. The quantitative estimate of drug-likeness (QED) is 0.834. The van der Waals surface area contributed by atoms with Gasteiger partial charge in [-0.15, -0.1) is 6.58 Å². The van der Waals surface area contributed by atoms with E-state index in [0.717, 1.165) is 21.3 Å². The number of aromatic nitrogens is 1. The molecule has 0 amide bonds. The summed E-state index contributed by atoms with van der Waals surface area (Å²) in [4.78, 5) is 4.28. The molecule has 0 atom stereocenters. The maximum atomic E-state index is 4.28. The van der Waals surface area contributed by atoms with Crippen LogP contribution in [-0.4, -0.2) is 11.5 Å². The molecule has 1 N–H and O–H groups in total. The molecule has 0 bridgehead atoms. The molecule has 0 aliphatic rings. The molecule has 0 unspecified atom stereocenters. The van der Waals surface area contributed by atoms with Crippen molar-refractivity contribution in [1.29, 1.82) is 0 Å². The predicted molar refractivity (Wildman–Crippen MR) is 72.1 cm³/mol. The lowest BCUT2D eigenvalue weighted by atomic mass is 9.94. The van der Waals surface area contributed by atoms with Gasteiger partial charge in [-0.05, 0) is 43.3 Å². The summed E-state index contributed by atoms with van der Waals surface area (Å²) in [5, 5.41) is 3.28. The van der Waals surface area contributed by atoms with Crippen LogP contribution < -0.4 is 5.32 Å². The topological polar surface area (TPSA) is 24.9 Å². The number of rotatable bonds is 4. The first kappa shape index (κ1) is 12.7. The molecule has 1 rings (SSSR count). The number of nitrogens with one attached hydrogen (secondary N) is 1. The van der Waals surface area contributed by atoms with Gasteiger partial charge in [0.1, 0.15) is 5.82 Å². The zero-order valence-electron chi connectivity index (χ0n) is 8.85. The lowest BCUT2D eigenvalue weighted by Crippen LogP contribution is -2.20. The van der Waals surface area contributed by atoms with Crippen molar-refractivity contribution in [3.05, 3.63) is 33.9 Å². The van der Waals surface area contributed by atoms with Gasteiger partial charge < -0.3 is 5.32 Å². The van der Waals surface area contributed by atoms with E-state index >= 15 is 0 Å². The van der Waals surface area contributed by atoms with Crippen LogP contribution in [0.25, 0.3) is 0 Å². The Morgan fingerprint density at radius 1 is 1.53 bits per heavy atom. The molecule has 0 saturated heterocycles. The number of hydrogen-bond donors (Lipinski definition) is 1. The Bertz CT molecular complexity index is 362. The van der Waals surface area contributed by atoms with Crippen LogP contribution in [0.4, 0.5) is 5.82 Å². The molecular formula is C11H14Br2N2. The van der Waals surface area contributed by atoms with Gasteiger partial charge in [-0.1, -0.05) is 19.9 Å². The Labute approximate surface area is 107 Å². The highest BCUT2D eigenvalue weighted by Crippen LogP contribution is 2.25. The third kappa shape index (κ3) is 3.95. The van der Waals surface area contributed by atoms with E-state index in [1.54, 1.807) is 6.20 Å². The highest BCUT2D eigenvalue weighted by molar-refractivity contribution is 9.11. The molecule has 15 heavy (non-hydrogen) atoms. The Balaban J connectivity index is 2.70. The minimum atomic E-state index is 0.0637. The maximum Gasteiger partial charge on any atom is 0.140 e. The molecule has 0 aliphatic heterocycles. The average molecular weight is 334 g/mol. The van der Waals surface area contributed by atoms with Crippen LogP contribution in [0.1, 0.15) is 13.8 Å². The molecule has 1 aromatic heterocycles. The summed E-state index contributed by atoms with van der Waals surface area (Å²) in [5.41, 5.74) is 0.0637. The molecular weight excluding hydrogens is 320 g/mol. The van der Waals surface area contributed by atoms with Crippen LogP contribution in [0.5, 0.6) is 0 Å². The second kappa shape index (κ2) is 5.12. The van der Waals surface area contributed by atoms with E-state index in [0.29, 0.717) is 0 Å². The third-order valence-corrected chi connectivity index (χ3v) is 3.11. The van der Waals surface area contributed by atoms with E-state index in [-0.39, 0.29) is 5.41 Å². The van der Waals surface area contributed by atoms with E-state index in [9.17, 15) is 0 Å². The SMILES string of the molecule is C=CC(C)(C)CNc1ncc(Br)cc1Br. The van der Waals surface area contributed by atoms with Gasteiger partial charge in [0.2, 0.25) is 0 Å². The fourth-order valence-electron chi connectivity index (χ4n) is 0.928. The molecule has 4 heteroatoms. The van der Waals surface area contributed by atoms with Gasteiger partial charge in [-0.2, -0.15) is 0 Å². The number of hydrogen-bond acceptors (Lipinski definition) is 2. The average Bonchev–Trinajstić information content (AvgIpc) is 2.16. The third-order valence-electron chi connectivity index (χ3n) is 2.07. The van der Waals surface area contributed by atoms with Gasteiger partial charge >= 0.3 is 0 Å². The summed E-state index contributed by atoms with van der Waals surface area (Å²) < 4.78 is 1.92. The van der Waals surface area contributed by atoms with Crippen molar-refractivity contribution in [3.63, 3.8) is 0 Å². The van der Waals surface area contributed by atoms with Crippen molar-refractivity contribution in [3.8, 4) is 0 Å². The van der Waals surface area contributed by atoms with Gasteiger partial charge in [0.15, 0.2) is 0 Å². The molecule has 0 saturated carbocycles. The Hall–Kier alpha value is -0.350. The second-order valence-electron chi connectivity index (χ2n) is 4.03. The van der Waals surface area contributed by atoms with Gasteiger partial charge in [-0.25, -0.2) is 4.98 Å². The van der Waals surface area contributed by atoms with Crippen LogP contribution in [0.3, 0.4) is 0 Å². The normalized spacial score (nSPS) is 11.2. The number of anilines is 1. The summed E-state index contributed by atoms with van der Waals surface area (Å²) in [7, 11) is 0. The van der Waals surface area contributed by atoms with Gasteiger partial charge in [0, 0.05) is 17.2 Å². The number of nitrogens with zero attached hydrogens (tertiary/aromatic N) is 1. The van der Waals surface area contributed by atoms with Crippen LogP contribution in [0.15, 0.2) is 33.9 Å².